The van der Waals surface area contributed by atoms with E-state index < -0.39 is 5.97 Å². The molecule has 0 atom stereocenters. The summed E-state index contributed by atoms with van der Waals surface area (Å²) in [5, 5.41) is 9.12. The molecular weight excluding hydrogens is 228 g/mol. The summed E-state index contributed by atoms with van der Waals surface area (Å²) in [6.45, 7) is 2.05. The van der Waals surface area contributed by atoms with Gasteiger partial charge in [-0.05, 0) is 25.3 Å². The molecular formula is C14H16N2O2. The standard InChI is InChI=1S/C14H16N2O2/c1-10-4-3-5-11(8-10)6-7-12-13(14(17)18)16(2)9-15-12/h3-5,8-9H,6-7H2,1-2H3,(H,17,18). The van der Waals surface area contributed by atoms with Gasteiger partial charge in [0.2, 0.25) is 0 Å². The molecule has 4 nitrogen and oxygen atoms in total. The van der Waals surface area contributed by atoms with Gasteiger partial charge in [-0.3, -0.25) is 0 Å². The van der Waals surface area contributed by atoms with Gasteiger partial charge in [0, 0.05) is 7.05 Å². The summed E-state index contributed by atoms with van der Waals surface area (Å²) in [5.41, 5.74) is 3.35. The number of aromatic carboxylic acids is 1. The minimum Gasteiger partial charge on any atom is -0.477 e. The highest BCUT2D eigenvalue weighted by Crippen LogP contribution is 2.12. The van der Waals surface area contributed by atoms with Crippen LogP contribution in [0.3, 0.4) is 0 Å². The molecule has 18 heavy (non-hydrogen) atoms. The highest BCUT2D eigenvalue weighted by atomic mass is 16.4. The summed E-state index contributed by atoms with van der Waals surface area (Å²) in [5.74, 6) is -0.922. The topological polar surface area (TPSA) is 55.1 Å². The van der Waals surface area contributed by atoms with Gasteiger partial charge in [0.1, 0.15) is 5.69 Å². The zero-order valence-electron chi connectivity index (χ0n) is 10.6. The van der Waals surface area contributed by atoms with Crippen LogP contribution in [0.4, 0.5) is 0 Å². The van der Waals surface area contributed by atoms with Gasteiger partial charge in [-0.25, -0.2) is 9.78 Å². The van der Waals surface area contributed by atoms with Gasteiger partial charge in [0.25, 0.3) is 0 Å². The Morgan fingerprint density at radius 1 is 1.39 bits per heavy atom. The van der Waals surface area contributed by atoms with Crippen molar-refractivity contribution < 1.29 is 9.90 Å². The monoisotopic (exact) mass is 244 g/mol. The minimum atomic E-state index is -0.922. The third kappa shape index (κ3) is 2.59. The van der Waals surface area contributed by atoms with Crippen LogP contribution in [0.15, 0.2) is 30.6 Å². The summed E-state index contributed by atoms with van der Waals surface area (Å²) in [4.78, 5) is 15.3. The molecule has 94 valence electrons. The molecule has 1 heterocycles. The van der Waals surface area contributed by atoms with E-state index in [0.29, 0.717) is 12.1 Å². The van der Waals surface area contributed by atoms with Crippen molar-refractivity contribution in [1.82, 2.24) is 9.55 Å². The van der Waals surface area contributed by atoms with E-state index in [1.807, 2.05) is 19.1 Å². The van der Waals surface area contributed by atoms with E-state index in [1.54, 1.807) is 17.9 Å². The molecule has 0 fully saturated rings. The van der Waals surface area contributed by atoms with E-state index >= 15 is 0 Å². The SMILES string of the molecule is Cc1cccc(CCc2ncn(C)c2C(=O)O)c1. The molecule has 0 bridgehead atoms. The van der Waals surface area contributed by atoms with E-state index in [2.05, 4.69) is 17.1 Å². The third-order valence-corrected chi connectivity index (χ3v) is 2.95. The summed E-state index contributed by atoms with van der Waals surface area (Å²) in [6.07, 6.45) is 3.00. The smallest absolute Gasteiger partial charge is 0.354 e. The van der Waals surface area contributed by atoms with Crippen LogP contribution >= 0.6 is 0 Å². The second-order valence-electron chi connectivity index (χ2n) is 4.44. The Bertz CT molecular complexity index is 573. The molecule has 1 aromatic heterocycles. The van der Waals surface area contributed by atoms with Gasteiger partial charge in [0.05, 0.1) is 12.0 Å². The first-order valence-electron chi connectivity index (χ1n) is 5.87. The quantitative estimate of drug-likeness (QED) is 0.897. The van der Waals surface area contributed by atoms with Gasteiger partial charge in [-0.2, -0.15) is 0 Å². The van der Waals surface area contributed by atoms with E-state index in [4.69, 9.17) is 5.11 Å². The second-order valence-corrected chi connectivity index (χ2v) is 4.44. The number of benzene rings is 1. The average Bonchev–Trinajstić information content (AvgIpc) is 2.68. The fourth-order valence-electron chi connectivity index (χ4n) is 2.07. The zero-order chi connectivity index (χ0) is 13.1. The van der Waals surface area contributed by atoms with Gasteiger partial charge < -0.3 is 9.67 Å². The van der Waals surface area contributed by atoms with E-state index in [1.165, 1.54) is 11.1 Å². The predicted molar refractivity (Wildman–Crippen MR) is 68.8 cm³/mol. The first kappa shape index (κ1) is 12.4. The first-order valence-corrected chi connectivity index (χ1v) is 5.87. The molecule has 2 rings (SSSR count). The number of hydrogen-bond donors (Lipinski definition) is 1. The molecule has 0 amide bonds. The Balaban J connectivity index is 2.13. The lowest BCUT2D eigenvalue weighted by molar-refractivity contribution is 0.0685. The molecule has 0 unspecified atom stereocenters. The van der Waals surface area contributed by atoms with E-state index in [-0.39, 0.29) is 5.69 Å². The zero-order valence-corrected chi connectivity index (χ0v) is 10.6. The van der Waals surface area contributed by atoms with Crippen LogP contribution in [0.25, 0.3) is 0 Å². The van der Waals surface area contributed by atoms with Crippen LogP contribution in [0, 0.1) is 6.92 Å². The van der Waals surface area contributed by atoms with Crippen LogP contribution in [-0.2, 0) is 19.9 Å². The average molecular weight is 244 g/mol. The van der Waals surface area contributed by atoms with Crippen molar-refractivity contribution in [2.75, 3.05) is 0 Å². The molecule has 1 aromatic carbocycles. The number of nitrogens with zero attached hydrogens (tertiary/aromatic N) is 2. The van der Waals surface area contributed by atoms with Crippen LogP contribution < -0.4 is 0 Å². The molecule has 0 radical (unpaired) electrons. The number of hydrogen-bond acceptors (Lipinski definition) is 2. The highest BCUT2D eigenvalue weighted by Gasteiger charge is 2.15. The molecule has 4 heteroatoms. The Morgan fingerprint density at radius 2 is 2.17 bits per heavy atom. The maximum atomic E-state index is 11.1. The summed E-state index contributed by atoms with van der Waals surface area (Å²) >= 11 is 0. The van der Waals surface area contributed by atoms with Crippen LogP contribution in [0.5, 0.6) is 0 Å². The molecule has 0 saturated carbocycles. The minimum absolute atomic E-state index is 0.280. The molecule has 2 aromatic rings. The van der Waals surface area contributed by atoms with Crippen molar-refractivity contribution in [3.63, 3.8) is 0 Å². The van der Waals surface area contributed by atoms with Gasteiger partial charge >= 0.3 is 5.97 Å². The highest BCUT2D eigenvalue weighted by molar-refractivity contribution is 5.87. The van der Waals surface area contributed by atoms with Crippen LogP contribution in [0.1, 0.15) is 27.3 Å². The number of aromatic nitrogens is 2. The first-order chi connectivity index (χ1) is 8.58. The van der Waals surface area contributed by atoms with Crippen molar-refractivity contribution in [2.45, 2.75) is 19.8 Å². The number of aryl methyl sites for hydroxylation is 4. The van der Waals surface area contributed by atoms with Crippen molar-refractivity contribution in [2.24, 2.45) is 7.05 Å². The Hall–Kier alpha value is -2.10. The number of carbonyl (C=O) groups is 1. The van der Waals surface area contributed by atoms with Crippen molar-refractivity contribution in [1.29, 1.82) is 0 Å². The van der Waals surface area contributed by atoms with Gasteiger partial charge in [0.15, 0.2) is 0 Å². The largest absolute Gasteiger partial charge is 0.477 e. The molecule has 0 spiro atoms. The van der Waals surface area contributed by atoms with Crippen LogP contribution in [0.2, 0.25) is 0 Å². The Labute approximate surface area is 106 Å². The molecule has 0 aliphatic heterocycles. The van der Waals surface area contributed by atoms with E-state index in [0.717, 1.165) is 6.42 Å². The lowest BCUT2D eigenvalue weighted by Gasteiger charge is -2.03. The second kappa shape index (κ2) is 5.04. The maximum absolute atomic E-state index is 11.1. The lowest BCUT2D eigenvalue weighted by Crippen LogP contribution is -2.08. The maximum Gasteiger partial charge on any atom is 0.354 e. The number of carboxylic acids is 1. The number of rotatable bonds is 4. The van der Waals surface area contributed by atoms with Crippen molar-refractivity contribution >= 4 is 5.97 Å². The van der Waals surface area contributed by atoms with Crippen LogP contribution in [-0.4, -0.2) is 20.6 Å². The molecule has 0 aliphatic rings. The fourth-order valence-corrected chi connectivity index (χ4v) is 2.07. The molecule has 0 aliphatic carbocycles. The number of imidazole rings is 1. The van der Waals surface area contributed by atoms with Crippen molar-refractivity contribution in [3.8, 4) is 0 Å². The molecule has 0 saturated heterocycles. The summed E-state index contributed by atoms with van der Waals surface area (Å²) < 4.78 is 1.55. The third-order valence-electron chi connectivity index (χ3n) is 2.95. The van der Waals surface area contributed by atoms with Crippen molar-refractivity contribution in [3.05, 3.63) is 53.1 Å². The Morgan fingerprint density at radius 3 is 2.83 bits per heavy atom. The van der Waals surface area contributed by atoms with Gasteiger partial charge in [-0.1, -0.05) is 29.8 Å². The molecule has 1 N–H and O–H groups in total. The van der Waals surface area contributed by atoms with Gasteiger partial charge in [-0.15, -0.1) is 0 Å². The fraction of sp³-hybridized carbons (Fsp3) is 0.286. The summed E-state index contributed by atoms with van der Waals surface area (Å²) in [7, 11) is 1.70. The summed E-state index contributed by atoms with van der Waals surface area (Å²) in [6, 6.07) is 8.23. The Kier molecular flexibility index (Phi) is 3.46. The predicted octanol–water partition coefficient (Wildman–Crippen LogP) is 2.21. The van der Waals surface area contributed by atoms with E-state index in [9.17, 15) is 4.79 Å². The lowest BCUT2D eigenvalue weighted by atomic mass is 10.1. The number of carboxylic acid groups (broad SMARTS) is 1. The normalized spacial score (nSPS) is 10.6.